The Labute approximate surface area is 209 Å². The molecule has 0 bridgehead atoms. The molecule has 0 fully saturated rings. The molecule has 190 valence electrons. The van der Waals surface area contributed by atoms with Gasteiger partial charge >= 0.3 is 11.7 Å². The summed E-state index contributed by atoms with van der Waals surface area (Å²) in [4.78, 5) is 35.2. The van der Waals surface area contributed by atoms with Crippen LogP contribution in [0.3, 0.4) is 0 Å². The van der Waals surface area contributed by atoms with E-state index in [9.17, 15) is 14.0 Å². The van der Waals surface area contributed by atoms with Crippen molar-refractivity contribution < 1.29 is 18.7 Å². The number of carbonyl (C=O) groups excluding carboxylic acids is 1. The highest BCUT2D eigenvalue weighted by Gasteiger charge is 2.22. The standard InChI is InChI=1S/C24H23FN8O4/c1-14(34)37-19-13-16(6-7-18(19)21(26)27)30-20(15-4-2-5-17(12-15)36-11-8-25)22-31-24(35)33(32-22)23-28-9-3-10-29-23/h2-7,9-10,12-13,20,30H,8,11H2,1H3,(H3,26,27)(H,31,32,35). The number of alkyl halides is 1. The van der Waals surface area contributed by atoms with Gasteiger partial charge in [-0.1, -0.05) is 12.1 Å². The highest BCUT2D eigenvalue weighted by molar-refractivity contribution is 5.98. The largest absolute Gasteiger partial charge is 0.491 e. The number of rotatable bonds is 10. The first-order valence-corrected chi connectivity index (χ1v) is 11.0. The number of anilines is 1. The Kier molecular flexibility index (Phi) is 7.52. The summed E-state index contributed by atoms with van der Waals surface area (Å²) in [6, 6.07) is 12.4. The number of nitrogens with zero attached hydrogens (tertiary/aromatic N) is 4. The molecule has 2 aromatic heterocycles. The van der Waals surface area contributed by atoms with Gasteiger partial charge in [0.15, 0.2) is 5.82 Å². The van der Waals surface area contributed by atoms with Crippen LogP contribution in [0.25, 0.3) is 5.95 Å². The lowest BCUT2D eigenvalue weighted by Crippen LogP contribution is -2.18. The van der Waals surface area contributed by atoms with Crippen LogP contribution in [0.4, 0.5) is 10.1 Å². The van der Waals surface area contributed by atoms with Crippen molar-refractivity contribution in [1.82, 2.24) is 24.7 Å². The van der Waals surface area contributed by atoms with Gasteiger partial charge in [-0.3, -0.25) is 15.2 Å². The smallest absolute Gasteiger partial charge is 0.350 e. The normalized spacial score (nSPS) is 11.5. The van der Waals surface area contributed by atoms with Crippen LogP contribution in [-0.4, -0.2) is 49.8 Å². The molecule has 37 heavy (non-hydrogen) atoms. The zero-order valence-electron chi connectivity index (χ0n) is 19.6. The van der Waals surface area contributed by atoms with E-state index in [1.54, 1.807) is 36.4 Å². The quantitative estimate of drug-likeness (QED) is 0.109. The van der Waals surface area contributed by atoms with E-state index >= 15 is 0 Å². The Morgan fingerprint density at radius 1 is 1.22 bits per heavy atom. The van der Waals surface area contributed by atoms with E-state index in [0.717, 1.165) is 4.68 Å². The molecule has 13 heteroatoms. The van der Waals surface area contributed by atoms with E-state index in [1.165, 1.54) is 31.5 Å². The summed E-state index contributed by atoms with van der Waals surface area (Å²) in [5.41, 5.74) is 6.38. The Morgan fingerprint density at radius 2 is 2.00 bits per heavy atom. The third-order valence-electron chi connectivity index (χ3n) is 5.02. The average Bonchev–Trinajstić information content (AvgIpc) is 3.27. The molecule has 2 aromatic carbocycles. The summed E-state index contributed by atoms with van der Waals surface area (Å²) in [6.45, 7) is 0.470. The van der Waals surface area contributed by atoms with Crippen LogP contribution in [0, 0.1) is 5.41 Å². The predicted molar refractivity (Wildman–Crippen MR) is 132 cm³/mol. The Balaban J connectivity index is 1.78. The molecule has 0 aliphatic heterocycles. The minimum absolute atomic E-state index is 0.0803. The Bertz CT molecular complexity index is 1470. The number of H-pyrrole nitrogens is 1. The minimum atomic E-state index is -0.750. The maximum Gasteiger partial charge on any atom is 0.350 e. The van der Waals surface area contributed by atoms with Crippen molar-refractivity contribution in [1.29, 1.82) is 5.41 Å². The lowest BCUT2D eigenvalue weighted by atomic mass is 10.0. The van der Waals surface area contributed by atoms with E-state index in [1.807, 2.05) is 0 Å². The molecule has 0 amide bonds. The van der Waals surface area contributed by atoms with Crippen molar-refractivity contribution in [2.45, 2.75) is 13.0 Å². The molecule has 12 nitrogen and oxygen atoms in total. The molecule has 4 rings (SSSR count). The van der Waals surface area contributed by atoms with E-state index in [-0.39, 0.29) is 35.5 Å². The minimum Gasteiger partial charge on any atom is -0.491 e. The third-order valence-corrected chi connectivity index (χ3v) is 5.02. The van der Waals surface area contributed by atoms with Crippen LogP contribution < -0.4 is 26.2 Å². The number of benzene rings is 2. The van der Waals surface area contributed by atoms with Crippen LogP contribution >= 0.6 is 0 Å². The molecule has 1 unspecified atom stereocenters. The average molecular weight is 506 g/mol. The first kappa shape index (κ1) is 25.0. The van der Waals surface area contributed by atoms with Crippen molar-refractivity contribution in [3.05, 3.63) is 88.4 Å². The van der Waals surface area contributed by atoms with Crippen LogP contribution in [0.5, 0.6) is 11.5 Å². The first-order chi connectivity index (χ1) is 17.9. The van der Waals surface area contributed by atoms with Gasteiger partial charge in [-0.25, -0.2) is 19.2 Å². The molecule has 2 heterocycles. The monoisotopic (exact) mass is 506 g/mol. The molecule has 0 radical (unpaired) electrons. The molecule has 0 aliphatic carbocycles. The van der Waals surface area contributed by atoms with Gasteiger partial charge in [0.1, 0.15) is 36.7 Å². The molecule has 0 spiro atoms. The van der Waals surface area contributed by atoms with Gasteiger partial charge in [-0.2, -0.15) is 0 Å². The number of aromatic nitrogens is 5. The van der Waals surface area contributed by atoms with Crippen molar-refractivity contribution in [3.63, 3.8) is 0 Å². The van der Waals surface area contributed by atoms with Crippen molar-refractivity contribution in [2.24, 2.45) is 5.73 Å². The van der Waals surface area contributed by atoms with Gasteiger partial charge in [0, 0.05) is 31.1 Å². The lowest BCUT2D eigenvalue weighted by Gasteiger charge is -2.20. The highest BCUT2D eigenvalue weighted by atomic mass is 19.1. The summed E-state index contributed by atoms with van der Waals surface area (Å²) < 4.78 is 24.3. The number of nitrogens with two attached hydrogens (primary N) is 1. The van der Waals surface area contributed by atoms with Crippen LogP contribution in [0.15, 0.2) is 65.7 Å². The van der Waals surface area contributed by atoms with Gasteiger partial charge in [-0.15, -0.1) is 9.78 Å². The number of nitrogen functional groups attached to an aromatic ring is 1. The van der Waals surface area contributed by atoms with Crippen molar-refractivity contribution in [2.75, 3.05) is 18.6 Å². The van der Waals surface area contributed by atoms with Gasteiger partial charge < -0.3 is 20.5 Å². The molecular formula is C24H23FN8O4. The summed E-state index contributed by atoms with van der Waals surface area (Å²) in [6.07, 6.45) is 2.97. The number of hydrogen-bond acceptors (Lipinski definition) is 9. The second kappa shape index (κ2) is 11.1. The number of halogens is 1. The summed E-state index contributed by atoms with van der Waals surface area (Å²) >= 11 is 0. The molecule has 4 aromatic rings. The third kappa shape index (κ3) is 5.96. The van der Waals surface area contributed by atoms with Gasteiger partial charge in [0.25, 0.3) is 5.95 Å². The lowest BCUT2D eigenvalue weighted by molar-refractivity contribution is -0.131. The SMILES string of the molecule is CC(=O)Oc1cc(NC(c2cccc(OCCF)c2)c2nn(-c3ncccn3)c(=O)[nH]2)ccc1C(=N)N. The number of aromatic amines is 1. The molecule has 5 N–H and O–H groups in total. The maximum absolute atomic E-state index is 12.7. The van der Waals surface area contributed by atoms with Gasteiger partial charge in [0.05, 0.1) is 5.56 Å². The number of carbonyl (C=O) groups is 1. The zero-order valence-corrected chi connectivity index (χ0v) is 19.6. The number of hydrogen-bond donors (Lipinski definition) is 4. The summed E-state index contributed by atoms with van der Waals surface area (Å²) in [5.74, 6) is -0.0625. The predicted octanol–water partition coefficient (Wildman–Crippen LogP) is 2.11. The molecule has 1 atom stereocenters. The first-order valence-electron chi connectivity index (χ1n) is 11.0. The zero-order chi connectivity index (χ0) is 26.4. The second-order valence-electron chi connectivity index (χ2n) is 7.68. The molecule has 0 saturated heterocycles. The number of nitrogens with one attached hydrogen (secondary N) is 3. The van der Waals surface area contributed by atoms with Crippen molar-refractivity contribution in [3.8, 4) is 17.4 Å². The summed E-state index contributed by atoms with van der Waals surface area (Å²) in [5, 5.41) is 15.4. The van der Waals surface area contributed by atoms with E-state index < -0.39 is 24.4 Å². The fraction of sp³-hybridized carbons (Fsp3) is 0.167. The highest BCUT2D eigenvalue weighted by Crippen LogP contribution is 2.30. The second-order valence-corrected chi connectivity index (χ2v) is 7.68. The topological polar surface area (TPSA) is 174 Å². The van der Waals surface area contributed by atoms with E-state index in [4.69, 9.17) is 20.6 Å². The molecular weight excluding hydrogens is 483 g/mol. The van der Waals surface area contributed by atoms with Gasteiger partial charge in [0.2, 0.25) is 0 Å². The summed E-state index contributed by atoms with van der Waals surface area (Å²) in [7, 11) is 0. The van der Waals surface area contributed by atoms with E-state index in [0.29, 0.717) is 17.0 Å². The fourth-order valence-corrected chi connectivity index (χ4v) is 3.50. The van der Waals surface area contributed by atoms with E-state index in [2.05, 4.69) is 25.4 Å². The van der Waals surface area contributed by atoms with Crippen LogP contribution in [0.2, 0.25) is 0 Å². The van der Waals surface area contributed by atoms with Crippen molar-refractivity contribution >= 4 is 17.5 Å². The number of ether oxygens (including phenoxy) is 2. The maximum atomic E-state index is 12.7. The molecule has 0 aliphatic rings. The number of amidine groups is 1. The van der Waals surface area contributed by atoms with Gasteiger partial charge in [-0.05, 0) is 35.9 Å². The van der Waals surface area contributed by atoms with Crippen LogP contribution in [0.1, 0.15) is 29.9 Å². The number of esters is 1. The Hall–Kier alpha value is -5.07. The van der Waals surface area contributed by atoms with Crippen LogP contribution in [-0.2, 0) is 4.79 Å². The fourth-order valence-electron chi connectivity index (χ4n) is 3.50. The Morgan fingerprint density at radius 3 is 2.70 bits per heavy atom. The molecule has 0 saturated carbocycles.